The van der Waals surface area contributed by atoms with Gasteiger partial charge in [0.2, 0.25) is 5.91 Å². The highest BCUT2D eigenvalue weighted by atomic mass is 35.5. The molecule has 0 bridgehead atoms. The van der Waals surface area contributed by atoms with Gasteiger partial charge in [0.25, 0.3) is 0 Å². The van der Waals surface area contributed by atoms with Crippen molar-refractivity contribution in [3.05, 3.63) is 23.2 Å². The highest BCUT2D eigenvalue weighted by Crippen LogP contribution is 2.25. The van der Waals surface area contributed by atoms with E-state index in [1.807, 2.05) is 6.92 Å². The third-order valence-corrected chi connectivity index (χ3v) is 4.31. The van der Waals surface area contributed by atoms with Crippen LogP contribution in [0.4, 0.5) is 11.4 Å². The molecule has 5 heteroatoms. The molecular formula is C15H22ClN3O. The maximum atomic E-state index is 12.3. The third kappa shape index (κ3) is 3.64. The van der Waals surface area contributed by atoms with Crippen LogP contribution in [0.25, 0.3) is 0 Å². The first-order chi connectivity index (χ1) is 9.47. The van der Waals surface area contributed by atoms with E-state index in [-0.39, 0.29) is 11.9 Å². The Kier molecular flexibility index (Phi) is 4.89. The van der Waals surface area contributed by atoms with Gasteiger partial charge in [-0.15, -0.1) is 0 Å². The fourth-order valence-corrected chi connectivity index (χ4v) is 2.69. The minimum Gasteiger partial charge on any atom is -0.399 e. The molecule has 0 aromatic heterocycles. The van der Waals surface area contributed by atoms with Gasteiger partial charge >= 0.3 is 0 Å². The molecule has 2 rings (SSSR count). The number of hydrogen-bond donors (Lipinski definition) is 2. The molecule has 1 atom stereocenters. The van der Waals surface area contributed by atoms with Crippen LogP contribution >= 0.6 is 11.6 Å². The summed E-state index contributed by atoms with van der Waals surface area (Å²) in [5.41, 5.74) is 6.85. The minimum absolute atomic E-state index is 0.0220. The van der Waals surface area contributed by atoms with Crippen molar-refractivity contribution in [3.63, 3.8) is 0 Å². The van der Waals surface area contributed by atoms with Gasteiger partial charge in [-0.1, -0.05) is 18.5 Å². The van der Waals surface area contributed by atoms with Gasteiger partial charge in [0.1, 0.15) is 0 Å². The first-order valence-electron chi connectivity index (χ1n) is 7.07. The third-order valence-electron chi connectivity index (χ3n) is 4.00. The van der Waals surface area contributed by atoms with Crippen molar-refractivity contribution >= 4 is 28.9 Å². The number of nitrogens with one attached hydrogen (secondary N) is 1. The van der Waals surface area contributed by atoms with E-state index in [4.69, 9.17) is 17.3 Å². The number of halogens is 1. The highest BCUT2D eigenvalue weighted by Gasteiger charge is 2.25. The number of anilines is 2. The molecule has 3 N–H and O–H groups in total. The molecule has 1 heterocycles. The Hall–Kier alpha value is -1.26. The largest absolute Gasteiger partial charge is 0.399 e. The molecule has 0 saturated carbocycles. The zero-order chi connectivity index (χ0) is 14.7. The summed E-state index contributed by atoms with van der Waals surface area (Å²) in [6.07, 6.45) is 2.31. The van der Waals surface area contributed by atoms with E-state index in [0.29, 0.717) is 16.4 Å². The fourth-order valence-electron chi connectivity index (χ4n) is 2.45. The zero-order valence-electron chi connectivity index (χ0n) is 12.0. The van der Waals surface area contributed by atoms with Crippen LogP contribution in [0.15, 0.2) is 18.2 Å². The molecule has 1 aromatic rings. The lowest BCUT2D eigenvalue weighted by Gasteiger charge is -2.34. The predicted molar refractivity (Wildman–Crippen MR) is 83.9 cm³/mol. The SMILES string of the molecule is CC1CCN(C(C)C(=O)Nc2ccc(N)cc2Cl)CC1. The summed E-state index contributed by atoms with van der Waals surface area (Å²) in [7, 11) is 0. The standard InChI is InChI=1S/C15H22ClN3O/c1-10-5-7-19(8-6-10)11(2)15(20)18-14-4-3-12(17)9-13(14)16/h3-4,9-11H,5-8,17H2,1-2H3,(H,18,20). The van der Waals surface area contributed by atoms with E-state index >= 15 is 0 Å². The molecule has 20 heavy (non-hydrogen) atoms. The van der Waals surface area contributed by atoms with Gasteiger partial charge in [-0.25, -0.2) is 0 Å². The lowest BCUT2D eigenvalue weighted by atomic mass is 9.98. The molecular weight excluding hydrogens is 274 g/mol. The summed E-state index contributed by atoms with van der Waals surface area (Å²) in [6.45, 7) is 6.16. The Morgan fingerprint density at radius 3 is 2.70 bits per heavy atom. The average molecular weight is 296 g/mol. The normalized spacial score (nSPS) is 18.8. The summed E-state index contributed by atoms with van der Waals surface area (Å²) in [5.74, 6) is 0.735. The van der Waals surface area contributed by atoms with E-state index in [9.17, 15) is 4.79 Å². The van der Waals surface area contributed by atoms with Crippen molar-refractivity contribution in [1.29, 1.82) is 0 Å². The Morgan fingerprint density at radius 2 is 2.10 bits per heavy atom. The van der Waals surface area contributed by atoms with Gasteiger partial charge in [0.15, 0.2) is 0 Å². The molecule has 4 nitrogen and oxygen atoms in total. The van der Waals surface area contributed by atoms with Gasteiger partial charge in [0, 0.05) is 5.69 Å². The van der Waals surface area contributed by atoms with Crippen molar-refractivity contribution in [2.75, 3.05) is 24.1 Å². The molecule has 1 amide bonds. The summed E-state index contributed by atoms with van der Waals surface area (Å²) in [4.78, 5) is 14.5. The molecule has 1 fully saturated rings. The van der Waals surface area contributed by atoms with Gasteiger partial charge in [0.05, 0.1) is 16.8 Å². The Labute approximate surface area is 125 Å². The smallest absolute Gasteiger partial charge is 0.241 e. The van der Waals surface area contributed by atoms with Crippen LogP contribution in [0.5, 0.6) is 0 Å². The van der Waals surface area contributed by atoms with Crippen molar-refractivity contribution in [2.24, 2.45) is 5.92 Å². The molecule has 1 aromatic carbocycles. The average Bonchev–Trinajstić information content (AvgIpc) is 2.42. The summed E-state index contributed by atoms with van der Waals surface area (Å²) >= 11 is 6.07. The Balaban J connectivity index is 1.97. The number of carbonyl (C=O) groups excluding carboxylic acids is 1. The van der Waals surface area contributed by atoms with Crippen molar-refractivity contribution in [2.45, 2.75) is 32.7 Å². The maximum Gasteiger partial charge on any atom is 0.241 e. The summed E-state index contributed by atoms with van der Waals surface area (Å²) in [5, 5.41) is 3.35. The predicted octanol–water partition coefficient (Wildman–Crippen LogP) is 2.98. The zero-order valence-corrected chi connectivity index (χ0v) is 12.8. The number of benzene rings is 1. The first kappa shape index (κ1) is 15.1. The second-order valence-electron chi connectivity index (χ2n) is 5.62. The molecule has 1 saturated heterocycles. The van der Waals surface area contributed by atoms with Crippen LogP contribution in [-0.2, 0) is 4.79 Å². The topological polar surface area (TPSA) is 58.4 Å². The number of nitrogen functional groups attached to an aromatic ring is 1. The van der Waals surface area contributed by atoms with Crippen molar-refractivity contribution in [3.8, 4) is 0 Å². The van der Waals surface area contributed by atoms with Crippen LogP contribution in [0.2, 0.25) is 5.02 Å². The Morgan fingerprint density at radius 1 is 1.45 bits per heavy atom. The van der Waals surface area contributed by atoms with Gasteiger partial charge in [-0.2, -0.15) is 0 Å². The van der Waals surface area contributed by atoms with Gasteiger partial charge in [-0.05, 0) is 57.0 Å². The highest BCUT2D eigenvalue weighted by molar-refractivity contribution is 6.34. The number of likely N-dealkylation sites (tertiary alicyclic amines) is 1. The molecule has 0 aliphatic carbocycles. The first-order valence-corrected chi connectivity index (χ1v) is 7.45. The number of nitrogens with two attached hydrogens (primary N) is 1. The quantitative estimate of drug-likeness (QED) is 0.843. The van der Waals surface area contributed by atoms with Crippen molar-refractivity contribution < 1.29 is 4.79 Å². The summed E-state index contributed by atoms with van der Waals surface area (Å²) in [6, 6.07) is 4.97. The molecule has 110 valence electrons. The Bertz CT molecular complexity index is 484. The number of piperidine rings is 1. The van der Waals surface area contributed by atoms with Crippen LogP contribution in [0, 0.1) is 5.92 Å². The van der Waals surface area contributed by atoms with Crippen molar-refractivity contribution in [1.82, 2.24) is 4.90 Å². The maximum absolute atomic E-state index is 12.3. The molecule has 0 radical (unpaired) electrons. The number of hydrogen-bond acceptors (Lipinski definition) is 3. The van der Waals surface area contributed by atoms with Gasteiger partial charge in [-0.3, -0.25) is 9.69 Å². The van der Waals surface area contributed by atoms with Crippen LogP contribution < -0.4 is 11.1 Å². The lowest BCUT2D eigenvalue weighted by molar-refractivity contribution is -0.121. The fraction of sp³-hybridized carbons (Fsp3) is 0.533. The number of nitrogens with zero attached hydrogens (tertiary/aromatic N) is 1. The van der Waals surface area contributed by atoms with Crippen LogP contribution in [-0.4, -0.2) is 29.9 Å². The van der Waals surface area contributed by atoms with E-state index in [1.165, 1.54) is 0 Å². The van der Waals surface area contributed by atoms with E-state index in [2.05, 4.69) is 17.1 Å². The number of rotatable bonds is 3. The van der Waals surface area contributed by atoms with E-state index < -0.39 is 0 Å². The summed E-state index contributed by atoms with van der Waals surface area (Å²) < 4.78 is 0. The second-order valence-corrected chi connectivity index (χ2v) is 6.03. The van der Waals surface area contributed by atoms with E-state index in [0.717, 1.165) is 31.8 Å². The van der Waals surface area contributed by atoms with Crippen LogP contribution in [0.1, 0.15) is 26.7 Å². The van der Waals surface area contributed by atoms with Crippen LogP contribution in [0.3, 0.4) is 0 Å². The molecule has 1 aliphatic heterocycles. The van der Waals surface area contributed by atoms with E-state index in [1.54, 1.807) is 18.2 Å². The number of amides is 1. The molecule has 0 spiro atoms. The second kappa shape index (κ2) is 6.46. The monoisotopic (exact) mass is 295 g/mol. The number of carbonyl (C=O) groups is 1. The van der Waals surface area contributed by atoms with Gasteiger partial charge < -0.3 is 11.1 Å². The lowest BCUT2D eigenvalue weighted by Crippen LogP contribution is -2.45. The molecule has 1 unspecified atom stereocenters. The minimum atomic E-state index is -0.142. The molecule has 1 aliphatic rings.